The van der Waals surface area contributed by atoms with Crippen LogP contribution in [0.25, 0.3) is 0 Å². The molecule has 2 heteroatoms. The number of allylic oxidation sites excluding steroid dienone is 1. The van der Waals surface area contributed by atoms with Gasteiger partial charge in [-0.05, 0) is 44.1 Å². The fourth-order valence-corrected chi connectivity index (χ4v) is 2.18. The summed E-state index contributed by atoms with van der Waals surface area (Å²) >= 11 is 0. The van der Waals surface area contributed by atoms with Crippen molar-refractivity contribution in [1.29, 1.82) is 0 Å². The Labute approximate surface area is 100 Å². The van der Waals surface area contributed by atoms with Crippen molar-refractivity contribution in [2.24, 2.45) is 11.8 Å². The van der Waals surface area contributed by atoms with Crippen LogP contribution in [0.4, 0.5) is 0 Å². The van der Waals surface area contributed by atoms with E-state index >= 15 is 0 Å². The van der Waals surface area contributed by atoms with Gasteiger partial charge in [-0.25, -0.2) is 0 Å². The van der Waals surface area contributed by atoms with Crippen LogP contribution >= 0.6 is 0 Å². The van der Waals surface area contributed by atoms with Gasteiger partial charge in [0.2, 0.25) is 0 Å². The second kappa shape index (κ2) is 6.41. The highest BCUT2D eigenvalue weighted by Crippen LogP contribution is 2.32. The van der Waals surface area contributed by atoms with Crippen molar-refractivity contribution in [3.63, 3.8) is 0 Å². The molecule has 4 atom stereocenters. The molecule has 0 aromatic rings. The highest BCUT2D eigenvalue weighted by Gasteiger charge is 2.29. The summed E-state index contributed by atoms with van der Waals surface area (Å²) in [4.78, 5) is 0. The molecule has 0 fully saturated rings. The van der Waals surface area contributed by atoms with Gasteiger partial charge in [-0.2, -0.15) is 0 Å². The first kappa shape index (κ1) is 13.7. The molecule has 0 aromatic carbocycles. The van der Waals surface area contributed by atoms with E-state index in [1.165, 1.54) is 12.0 Å². The predicted octanol–water partition coefficient (Wildman–Crippen LogP) is 3.77. The van der Waals surface area contributed by atoms with Gasteiger partial charge in [-0.3, -0.25) is 0 Å². The van der Waals surface area contributed by atoms with Crippen LogP contribution in [-0.2, 0) is 9.47 Å². The monoisotopic (exact) mass is 226 g/mol. The Morgan fingerprint density at radius 2 is 2.12 bits per heavy atom. The van der Waals surface area contributed by atoms with E-state index in [0.717, 1.165) is 13.0 Å². The lowest BCUT2D eigenvalue weighted by atomic mass is 9.80. The molecule has 1 rings (SSSR count). The van der Waals surface area contributed by atoms with E-state index in [2.05, 4.69) is 33.8 Å². The maximum atomic E-state index is 6.00. The van der Waals surface area contributed by atoms with Gasteiger partial charge in [-0.1, -0.05) is 26.8 Å². The number of hydrogen-bond donors (Lipinski definition) is 0. The van der Waals surface area contributed by atoms with Gasteiger partial charge in [0.25, 0.3) is 0 Å². The Hall–Kier alpha value is -0.340. The normalized spacial score (nSPS) is 32.3. The van der Waals surface area contributed by atoms with E-state index in [9.17, 15) is 0 Å². The molecule has 0 saturated heterocycles. The second-order valence-electron chi connectivity index (χ2n) is 5.02. The number of hydrogen-bond acceptors (Lipinski definition) is 2. The fraction of sp³-hybridized carbons (Fsp3) is 0.857. The Kier molecular flexibility index (Phi) is 5.50. The molecule has 0 amide bonds. The van der Waals surface area contributed by atoms with Crippen molar-refractivity contribution < 1.29 is 9.47 Å². The van der Waals surface area contributed by atoms with Crippen LogP contribution in [0.3, 0.4) is 0 Å². The van der Waals surface area contributed by atoms with Gasteiger partial charge in [0, 0.05) is 6.61 Å². The molecule has 3 unspecified atom stereocenters. The van der Waals surface area contributed by atoms with E-state index in [1.807, 2.05) is 6.92 Å². The molecular weight excluding hydrogens is 200 g/mol. The topological polar surface area (TPSA) is 18.5 Å². The second-order valence-corrected chi connectivity index (χ2v) is 5.02. The summed E-state index contributed by atoms with van der Waals surface area (Å²) in [7, 11) is 0. The molecule has 0 saturated carbocycles. The molecular formula is C14H26O2. The van der Waals surface area contributed by atoms with Gasteiger partial charge in [0.1, 0.15) is 0 Å². The summed E-state index contributed by atoms with van der Waals surface area (Å²) < 4.78 is 11.6. The molecule has 0 radical (unpaired) electrons. The standard InChI is InChI=1S/C14H26O2/c1-6-9-15-13(5)16-14-11(3)8-7-10(2)12(14)4/h8,10,12-14H,6-7,9H2,1-5H3/t10?,12?,13?,14-/m1/s1. The maximum Gasteiger partial charge on any atom is 0.155 e. The van der Waals surface area contributed by atoms with Gasteiger partial charge in [0.05, 0.1) is 6.10 Å². The summed E-state index contributed by atoms with van der Waals surface area (Å²) in [6.07, 6.45) is 4.66. The van der Waals surface area contributed by atoms with Gasteiger partial charge in [0.15, 0.2) is 6.29 Å². The molecule has 94 valence electrons. The summed E-state index contributed by atoms with van der Waals surface area (Å²) in [6.45, 7) is 11.6. The van der Waals surface area contributed by atoms with E-state index in [-0.39, 0.29) is 12.4 Å². The van der Waals surface area contributed by atoms with Crippen LogP contribution in [0.2, 0.25) is 0 Å². The van der Waals surface area contributed by atoms with E-state index < -0.39 is 0 Å². The number of rotatable bonds is 5. The summed E-state index contributed by atoms with van der Waals surface area (Å²) in [5.41, 5.74) is 1.36. The lowest BCUT2D eigenvalue weighted by molar-refractivity contribution is -0.166. The summed E-state index contributed by atoms with van der Waals surface area (Å²) in [6, 6.07) is 0. The van der Waals surface area contributed by atoms with Crippen LogP contribution < -0.4 is 0 Å². The van der Waals surface area contributed by atoms with Crippen molar-refractivity contribution in [2.45, 2.75) is 59.9 Å². The molecule has 0 bridgehead atoms. The zero-order chi connectivity index (χ0) is 12.1. The first-order valence-corrected chi connectivity index (χ1v) is 6.50. The highest BCUT2D eigenvalue weighted by atomic mass is 16.7. The molecule has 0 spiro atoms. The van der Waals surface area contributed by atoms with Gasteiger partial charge in [-0.15, -0.1) is 0 Å². The third-order valence-corrected chi connectivity index (χ3v) is 3.53. The predicted molar refractivity (Wildman–Crippen MR) is 67.3 cm³/mol. The van der Waals surface area contributed by atoms with Crippen molar-refractivity contribution in [2.75, 3.05) is 6.61 Å². The Morgan fingerprint density at radius 1 is 1.44 bits per heavy atom. The van der Waals surface area contributed by atoms with Crippen molar-refractivity contribution >= 4 is 0 Å². The van der Waals surface area contributed by atoms with Crippen LogP contribution in [0, 0.1) is 11.8 Å². The molecule has 16 heavy (non-hydrogen) atoms. The average Bonchev–Trinajstić information content (AvgIpc) is 2.27. The molecule has 0 heterocycles. The SMILES string of the molecule is CCCOC(C)O[C@@H]1C(C)=CCC(C)C1C. The van der Waals surface area contributed by atoms with E-state index in [0.29, 0.717) is 11.8 Å². The van der Waals surface area contributed by atoms with E-state index in [4.69, 9.17) is 9.47 Å². The molecule has 0 aliphatic heterocycles. The van der Waals surface area contributed by atoms with Gasteiger partial charge < -0.3 is 9.47 Å². The smallest absolute Gasteiger partial charge is 0.155 e. The zero-order valence-electron chi connectivity index (χ0n) is 11.3. The van der Waals surface area contributed by atoms with E-state index in [1.54, 1.807) is 0 Å². The molecule has 1 aliphatic rings. The molecule has 2 nitrogen and oxygen atoms in total. The highest BCUT2D eigenvalue weighted by molar-refractivity contribution is 5.11. The largest absolute Gasteiger partial charge is 0.353 e. The maximum absolute atomic E-state index is 6.00. The average molecular weight is 226 g/mol. The lowest BCUT2D eigenvalue weighted by Crippen LogP contribution is -2.34. The van der Waals surface area contributed by atoms with Crippen molar-refractivity contribution in [1.82, 2.24) is 0 Å². The lowest BCUT2D eigenvalue weighted by Gasteiger charge is -2.35. The van der Waals surface area contributed by atoms with Crippen molar-refractivity contribution in [3.8, 4) is 0 Å². The van der Waals surface area contributed by atoms with Crippen LogP contribution in [0.15, 0.2) is 11.6 Å². The summed E-state index contributed by atoms with van der Waals surface area (Å²) in [5.74, 6) is 1.28. The number of ether oxygens (including phenoxy) is 2. The Balaban J connectivity index is 2.50. The Bertz CT molecular complexity index is 235. The third kappa shape index (κ3) is 3.60. The van der Waals surface area contributed by atoms with Crippen LogP contribution in [0.1, 0.15) is 47.5 Å². The fourth-order valence-electron chi connectivity index (χ4n) is 2.18. The minimum atomic E-state index is -0.0962. The minimum absolute atomic E-state index is 0.0962. The summed E-state index contributed by atoms with van der Waals surface area (Å²) in [5, 5.41) is 0. The van der Waals surface area contributed by atoms with Crippen LogP contribution in [0.5, 0.6) is 0 Å². The molecule has 0 N–H and O–H groups in total. The van der Waals surface area contributed by atoms with Gasteiger partial charge >= 0.3 is 0 Å². The first-order chi connectivity index (χ1) is 7.56. The third-order valence-electron chi connectivity index (χ3n) is 3.53. The van der Waals surface area contributed by atoms with Crippen molar-refractivity contribution in [3.05, 3.63) is 11.6 Å². The zero-order valence-corrected chi connectivity index (χ0v) is 11.3. The molecule has 1 aliphatic carbocycles. The Morgan fingerprint density at radius 3 is 2.75 bits per heavy atom. The minimum Gasteiger partial charge on any atom is -0.353 e. The van der Waals surface area contributed by atoms with Crippen LogP contribution in [-0.4, -0.2) is 19.0 Å². The molecule has 0 aromatic heterocycles. The first-order valence-electron chi connectivity index (χ1n) is 6.50. The quantitative estimate of drug-likeness (QED) is 0.525.